The van der Waals surface area contributed by atoms with Gasteiger partial charge in [-0.3, -0.25) is 9.59 Å². The van der Waals surface area contributed by atoms with Gasteiger partial charge < -0.3 is 20.5 Å². The summed E-state index contributed by atoms with van der Waals surface area (Å²) >= 11 is 0. The number of alkyl halides is 3. The Balaban J connectivity index is 1.38. The number of aliphatic carboxylic acids is 1. The van der Waals surface area contributed by atoms with Crippen LogP contribution in [0.4, 0.5) is 18.0 Å². The fourth-order valence-corrected chi connectivity index (χ4v) is 4.26. The number of hydrogen-bond acceptors (Lipinski definition) is 4. The lowest BCUT2D eigenvalue weighted by atomic mass is 9.98. The summed E-state index contributed by atoms with van der Waals surface area (Å²) in [7, 11) is 0. The van der Waals surface area contributed by atoms with Crippen LogP contribution < -0.4 is 10.6 Å². The fraction of sp³-hybridized carbons (Fsp3) is 0.375. The minimum absolute atomic E-state index is 0.0571. The van der Waals surface area contributed by atoms with E-state index >= 15 is 0 Å². The molecular formula is C24H23F3N2O5. The van der Waals surface area contributed by atoms with Gasteiger partial charge in [0, 0.05) is 12.5 Å². The van der Waals surface area contributed by atoms with Crippen molar-refractivity contribution in [1.82, 2.24) is 10.6 Å². The summed E-state index contributed by atoms with van der Waals surface area (Å²) in [5.41, 5.74) is 2.00. The third-order valence-electron chi connectivity index (χ3n) is 6.39. The van der Waals surface area contributed by atoms with E-state index < -0.39 is 48.6 Å². The van der Waals surface area contributed by atoms with Crippen LogP contribution in [0.25, 0.3) is 11.1 Å². The van der Waals surface area contributed by atoms with Crippen LogP contribution in [0, 0.1) is 5.41 Å². The Kier molecular flexibility index (Phi) is 6.24. The van der Waals surface area contributed by atoms with E-state index in [0.29, 0.717) is 0 Å². The first kappa shape index (κ1) is 23.6. The molecule has 0 saturated heterocycles. The maximum Gasteiger partial charge on any atom is 0.407 e. The largest absolute Gasteiger partial charge is 0.481 e. The van der Waals surface area contributed by atoms with E-state index in [9.17, 15) is 27.6 Å². The lowest BCUT2D eigenvalue weighted by molar-refractivity contribution is -0.185. The van der Waals surface area contributed by atoms with Crippen molar-refractivity contribution in [3.05, 3.63) is 59.7 Å². The topological polar surface area (TPSA) is 105 Å². The first-order chi connectivity index (χ1) is 16.1. The highest BCUT2D eigenvalue weighted by Crippen LogP contribution is 2.57. The lowest BCUT2D eigenvalue weighted by Gasteiger charge is -2.22. The van der Waals surface area contributed by atoms with Gasteiger partial charge >= 0.3 is 18.2 Å². The number of fused-ring (bicyclic) bond motifs is 3. The van der Waals surface area contributed by atoms with Crippen molar-refractivity contribution in [2.45, 2.75) is 37.4 Å². The van der Waals surface area contributed by atoms with Crippen LogP contribution in [0.1, 0.15) is 36.3 Å². The normalized spacial score (nSPS) is 16.7. The number of hydrogen-bond donors (Lipinski definition) is 3. The van der Waals surface area contributed by atoms with Crippen molar-refractivity contribution in [2.75, 3.05) is 13.2 Å². The van der Waals surface area contributed by atoms with Crippen LogP contribution in [0.3, 0.4) is 0 Å². The molecule has 1 saturated carbocycles. The number of carbonyl (C=O) groups is 3. The molecule has 0 spiro atoms. The first-order valence-electron chi connectivity index (χ1n) is 10.8. The number of carboxylic acids is 1. The molecule has 0 heterocycles. The van der Waals surface area contributed by atoms with Gasteiger partial charge in [0.1, 0.15) is 12.6 Å². The molecule has 3 N–H and O–H groups in total. The number of carbonyl (C=O) groups excluding carboxylic acids is 2. The molecule has 0 bridgehead atoms. The molecule has 2 aliphatic rings. The molecule has 1 fully saturated rings. The molecule has 1 unspecified atom stereocenters. The molecule has 4 rings (SSSR count). The molecule has 2 aromatic rings. The molecule has 10 heteroatoms. The zero-order chi connectivity index (χ0) is 24.5. The van der Waals surface area contributed by atoms with E-state index in [2.05, 4.69) is 10.6 Å². The predicted molar refractivity (Wildman–Crippen MR) is 115 cm³/mol. The van der Waals surface area contributed by atoms with Gasteiger partial charge in [-0.25, -0.2) is 4.79 Å². The molecule has 7 nitrogen and oxygen atoms in total. The summed E-state index contributed by atoms with van der Waals surface area (Å²) in [4.78, 5) is 36.0. The Morgan fingerprint density at radius 2 is 1.59 bits per heavy atom. The summed E-state index contributed by atoms with van der Waals surface area (Å²) in [6, 6.07) is 13.8. The van der Waals surface area contributed by atoms with Gasteiger partial charge in [-0.05, 0) is 35.1 Å². The number of ether oxygens (including phenoxy) is 1. The molecule has 2 aliphatic carbocycles. The third-order valence-corrected chi connectivity index (χ3v) is 6.39. The molecule has 0 aliphatic heterocycles. The van der Waals surface area contributed by atoms with Gasteiger partial charge in [-0.15, -0.1) is 0 Å². The van der Waals surface area contributed by atoms with Gasteiger partial charge in [-0.1, -0.05) is 48.5 Å². The van der Waals surface area contributed by atoms with Crippen molar-refractivity contribution in [3.8, 4) is 11.1 Å². The van der Waals surface area contributed by atoms with Gasteiger partial charge in [0.05, 0.1) is 11.8 Å². The van der Waals surface area contributed by atoms with Crippen LogP contribution in [-0.2, 0) is 14.3 Å². The standard InChI is InChI=1S/C24H23F3N2O5/c25-24(26,27)23(9-10-23)13-28-21(32)19(11-20(30)31)29-22(33)34-12-18-16-7-3-1-5-14(16)15-6-2-4-8-17(15)18/h1-8,18-19H,9-13H2,(H,28,32)(H,29,33)(H,30,31). The zero-order valence-electron chi connectivity index (χ0n) is 18.0. The second-order valence-electron chi connectivity index (χ2n) is 8.62. The average Bonchev–Trinajstić information content (AvgIpc) is 3.53. The number of carboxylic acid groups (broad SMARTS) is 1. The molecule has 0 aromatic heterocycles. The summed E-state index contributed by atoms with van der Waals surface area (Å²) in [5, 5.41) is 13.4. The second kappa shape index (κ2) is 9.00. The summed E-state index contributed by atoms with van der Waals surface area (Å²) in [6.07, 6.45) is -6.52. The number of amides is 2. The Morgan fingerprint density at radius 1 is 1.03 bits per heavy atom. The Hall–Kier alpha value is -3.56. The Labute approximate surface area is 193 Å². The molecule has 2 amide bonds. The van der Waals surface area contributed by atoms with Crippen LogP contribution in [0.5, 0.6) is 0 Å². The zero-order valence-corrected chi connectivity index (χ0v) is 18.0. The van der Waals surface area contributed by atoms with Crippen molar-refractivity contribution in [2.24, 2.45) is 5.41 Å². The van der Waals surface area contributed by atoms with E-state index in [1.54, 1.807) is 0 Å². The summed E-state index contributed by atoms with van der Waals surface area (Å²) in [5.74, 6) is -2.64. The molecule has 180 valence electrons. The van der Waals surface area contributed by atoms with E-state index in [1.807, 2.05) is 48.5 Å². The maximum absolute atomic E-state index is 13.1. The maximum atomic E-state index is 13.1. The average molecular weight is 476 g/mol. The Morgan fingerprint density at radius 3 is 2.09 bits per heavy atom. The first-order valence-corrected chi connectivity index (χ1v) is 10.8. The smallest absolute Gasteiger partial charge is 0.407 e. The van der Waals surface area contributed by atoms with Crippen LogP contribution >= 0.6 is 0 Å². The lowest BCUT2D eigenvalue weighted by Crippen LogP contribution is -2.50. The van der Waals surface area contributed by atoms with Crippen molar-refractivity contribution < 1.29 is 37.4 Å². The van der Waals surface area contributed by atoms with Crippen LogP contribution in [0.15, 0.2) is 48.5 Å². The van der Waals surface area contributed by atoms with Crippen molar-refractivity contribution >= 4 is 18.0 Å². The molecule has 2 aromatic carbocycles. The number of halogens is 3. The molecule has 1 atom stereocenters. The van der Waals surface area contributed by atoms with Crippen LogP contribution in [-0.4, -0.2) is 48.4 Å². The second-order valence-corrected chi connectivity index (χ2v) is 8.62. The van der Waals surface area contributed by atoms with Gasteiger partial charge in [0.15, 0.2) is 0 Å². The minimum Gasteiger partial charge on any atom is -0.481 e. The highest BCUT2D eigenvalue weighted by molar-refractivity contribution is 5.89. The quantitative estimate of drug-likeness (QED) is 0.537. The SMILES string of the molecule is O=C(O)CC(NC(=O)OCC1c2ccccc2-c2ccccc21)C(=O)NCC1(C(F)(F)F)CC1. The summed E-state index contributed by atoms with van der Waals surface area (Å²) < 4.78 is 44.6. The fourth-order valence-electron chi connectivity index (χ4n) is 4.26. The molecule has 0 radical (unpaired) electrons. The van der Waals surface area contributed by atoms with Crippen LogP contribution in [0.2, 0.25) is 0 Å². The number of benzene rings is 2. The third kappa shape index (κ3) is 4.71. The van der Waals surface area contributed by atoms with Crippen molar-refractivity contribution in [3.63, 3.8) is 0 Å². The predicted octanol–water partition coefficient (Wildman–Crippen LogP) is 3.83. The Bertz CT molecular complexity index is 1070. The van der Waals surface area contributed by atoms with E-state index in [4.69, 9.17) is 9.84 Å². The van der Waals surface area contributed by atoms with Gasteiger partial charge in [0.25, 0.3) is 0 Å². The van der Waals surface area contributed by atoms with Gasteiger partial charge in [-0.2, -0.15) is 13.2 Å². The number of alkyl carbamates (subject to hydrolysis) is 1. The number of rotatable bonds is 8. The number of nitrogens with one attached hydrogen (secondary N) is 2. The monoisotopic (exact) mass is 476 g/mol. The van der Waals surface area contributed by atoms with E-state index in [1.165, 1.54) is 0 Å². The van der Waals surface area contributed by atoms with E-state index in [0.717, 1.165) is 22.3 Å². The highest BCUT2D eigenvalue weighted by Gasteiger charge is 2.63. The summed E-state index contributed by atoms with van der Waals surface area (Å²) in [6.45, 7) is -0.726. The minimum atomic E-state index is -4.47. The van der Waals surface area contributed by atoms with Crippen molar-refractivity contribution in [1.29, 1.82) is 0 Å². The molecular weight excluding hydrogens is 453 g/mol. The van der Waals surface area contributed by atoms with Gasteiger partial charge in [0.2, 0.25) is 5.91 Å². The van der Waals surface area contributed by atoms with E-state index in [-0.39, 0.29) is 25.4 Å². The molecule has 34 heavy (non-hydrogen) atoms. The highest BCUT2D eigenvalue weighted by atomic mass is 19.4.